The van der Waals surface area contributed by atoms with Crippen LogP contribution in [0.5, 0.6) is 0 Å². The highest BCUT2D eigenvalue weighted by molar-refractivity contribution is 5.73. The lowest BCUT2D eigenvalue weighted by molar-refractivity contribution is 0.109. The molecule has 1 aliphatic rings. The molecule has 1 fully saturated rings. The Kier molecular flexibility index (Phi) is 3.85. The summed E-state index contributed by atoms with van der Waals surface area (Å²) >= 11 is 0. The van der Waals surface area contributed by atoms with E-state index in [2.05, 4.69) is 20.7 Å². The smallest absolute Gasteiger partial charge is 0.113 e. The van der Waals surface area contributed by atoms with Gasteiger partial charge in [-0.05, 0) is 24.6 Å². The van der Waals surface area contributed by atoms with E-state index in [1.807, 2.05) is 25.1 Å². The topological polar surface area (TPSA) is 62.8 Å². The molecule has 0 amide bonds. The zero-order chi connectivity index (χ0) is 11.2. The molecule has 86 valence electrons. The van der Waals surface area contributed by atoms with E-state index in [-0.39, 0.29) is 0 Å². The van der Waals surface area contributed by atoms with Gasteiger partial charge in [-0.1, -0.05) is 6.07 Å². The Morgan fingerprint density at radius 1 is 1.12 bits per heavy atom. The summed E-state index contributed by atoms with van der Waals surface area (Å²) < 4.78 is 5.01. The second-order valence-electron chi connectivity index (χ2n) is 3.68. The first-order valence-electron chi connectivity index (χ1n) is 5.42. The summed E-state index contributed by atoms with van der Waals surface area (Å²) in [5, 5.41) is 13.6. The van der Waals surface area contributed by atoms with E-state index in [4.69, 9.17) is 4.74 Å². The van der Waals surface area contributed by atoms with Gasteiger partial charge >= 0.3 is 0 Å². The molecule has 16 heavy (non-hydrogen) atoms. The SMILES string of the molecule is C1COCCN1.Cc1ccc2n[nH]nc2c1. The van der Waals surface area contributed by atoms with Crippen molar-refractivity contribution in [3.8, 4) is 0 Å². The number of ether oxygens (including phenoxy) is 1. The van der Waals surface area contributed by atoms with Crippen molar-refractivity contribution in [3.05, 3.63) is 23.8 Å². The van der Waals surface area contributed by atoms with Crippen LogP contribution in [0.2, 0.25) is 0 Å². The highest BCUT2D eigenvalue weighted by atomic mass is 16.5. The van der Waals surface area contributed by atoms with Gasteiger partial charge in [0.2, 0.25) is 0 Å². The monoisotopic (exact) mass is 220 g/mol. The summed E-state index contributed by atoms with van der Waals surface area (Å²) in [6.45, 7) is 5.87. The Labute approximate surface area is 94.2 Å². The molecule has 2 N–H and O–H groups in total. The van der Waals surface area contributed by atoms with E-state index in [9.17, 15) is 0 Å². The Balaban J connectivity index is 0.000000138. The van der Waals surface area contributed by atoms with Crippen LogP contribution >= 0.6 is 0 Å². The number of benzene rings is 1. The van der Waals surface area contributed by atoms with Crippen LogP contribution in [0.15, 0.2) is 18.2 Å². The average molecular weight is 220 g/mol. The molecule has 0 radical (unpaired) electrons. The van der Waals surface area contributed by atoms with Crippen molar-refractivity contribution in [2.24, 2.45) is 0 Å². The molecule has 1 aromatic carbocycles. The van der Waals surface area contributed by atoms with Crippen LogP contribution in [0.25, 0.3) is 11.0 Å². The molecule has 2 aromatic rings. The molecule has 1 aliphatic heterocycles. The van der Waals surface area contributed by atoms with Crippen molar-refractivity contribution >= 4 is 11.0 Å². The van der Waals surface area contributed by atoms with Gasteiger partial charge in [0.15, 0.2) is 0 Å². The maximum atomic E-state index is 5.01. The molecule has 3 rings (SSSR count). The second kappa shape index (κ2) is 5.58. The molecule has 0 saturated carbocycles. The number of aryl methyl sites for hydroxylation is 1. The van der Waals surface area contributed by atoms with Crippen molar-refractivity contribution in [2.45, 2.75) is 6.92 Å². The molecule has 0 unspecified atom stereocenters. The van der Waals surface area contributed by atoms with Gasteiger partial charge in [0.25, 0.3) is 0 Å². The summed E-state index contributed by atoms with van der Waals surface area (Å²) in [5.41, 5.74) is 3.06. The van der Waals surface area contributed by atoms with Gasteiger partial charge in [-0.3, -0.25) is 0 Å². The second-order valence-corrected chi connectivity index (χ2v) is 3.68. The number of hydrogen-bond acceptors (Lipinski definition) is 4. The molecule has 2 heterocycles. The van der Waals surface area contributed by atoms with E-state index in [0.717, 1.165) is 37.3 Å². The lowest BCUT2D eigenvalue weighted by Crippen LogP contribution is -2.30. The average Bonchev–Trinajstić information content (AvgIpc) is 2.79. The summed E-state index contributed by atoms with van der Waals surface area (Å²) in [6.07, 6.45) is 0. The third-order valence-corrected chi connectivity index (χ3v) is 2.32. The standard InChI is InChI=1S/C7H7N3.C4H9NO/c1-5-2-3-6-7(4-5)9-10-8-6;1-3-6-4-2-5-1/h2-4H,1H3,(H,8,9,10);5H,1-4H2. The number of nitrogens with zero attached hydrogens (tertiary/aromatic N) is 2. The molecule has 0 spiro atoms. The number of rotatable bonds is 0. The van der Waals surface area contributed by atoms with E-state index in [1.54, 1.807) is 0 Å². The predicted molar refractivity (Wildman–Crippen MR) is 62.3 cm³/mol. The third kappa shape index (κ3) is 3.01. The van der Waals surface area contributed by atoms with Crippen LogP contribution in [0.3, 0.4) is 0 Å². The first-order chi connectivity index (χ1) is 7.86. The van der Waals surface area contributed by atoms with Gasteiger partial charge in [-0.25, -0.2) is 0 Å². The Morgan fingerprint density at radius 2 is 1.88 bits per heavy atom. The summed E-state index contributed by atoms with van der Waals surface area (Å²) in [7, 11) is 0. The highest BCUT2D eigenvalue weighted by Gasteiger charge is 1.94. The number of aromatic nitrogens is 3. The zero-order valence-corrected chi connectivity index (χ0v) is 9.36. The van der Waals surface area contributed by atoms with E-state index >= 15 is 0 Å². The van der Waals surface area contributed by atoms with Gasteiger partial charge in [0.05, 0.1) is 13.2 Å². The first-order valence-corrected chi connectivity index (χ1v) is 5.42. The number of fused-ring (bicyclic) bond motifs is 1. The largest absolute Gasteiger partial charge is 0.379 e. The normalized spacial score (nSPS) is 15.6. The summed E-state index contributed by atoms with van der Waals surface area (Å²) in [6, 6.07) is 5.97. The van der Waals surface area contributed by atoms with Gasteiger partial charge in [0.1, 0.15) is 11.0 Å². The van der Waals surface area contributed by atoms with Crippen molar-refractivity contribution < 1.29 is 4.74 Å². The van der Waals surface area contributed by atoms with Crippen molar-refractivity contribution in [2.75, 3.05) is 26.3 Å². The van der Waals surface area contributed by atoms with Gasteiger partial charge in [0, 0.05) is 13.1 Å². The van der Waals surface area contributed by atoms with Crippen LogP contribution in [-0.2, 0) is 4.74 Å². The minimum atomic E-state index is 0.889. The van der Waals surface area contributed by atoms with E-state index < -0.39 is 0 Å². The van der Waals surface area contributed by atoms with Crippen LogP contribution in [0, 0.1) is 6.92 Å². The van der Waals surface area contributed by atoms with Gasteiger partial charge in [-0.2, -0.15) is 15.4 Å². The molecular weight excluding hydrogens is 204 g/mol. The first kappa shape index (κ1) is 11.0. The fourth-order valence-electron chi connectivity index (χ4n) is 1.47. The van der Waals surface area contributed by atoms with Crippen molar-refractivity contribution in [3.63, 3.8) is 0 Å². The number of hydrogen-bond donors (Lipinski definition) is 2. The van der Waals surface area contributed by atoms with Gasteiger partial charge < -0.3 is 10.1 Å². The number of nitrogens with one attached hydrogen (secondary N) is 2. The van der Waals surface area contributed by atoms with Crippen molar-refractivity contribution in [1.82, 2.24) is 20.7 Å². The Hall–Kier alpha value is -1.46. The molecule has 1 aromatic heterocycles. The lowest BCUT2D eigenvalue weighted by Gasteiger charge is -2.10. The molecule has 1 saturated heterocycles. The number of morpholine rings is 1. The molecule has 0 aliphatic carbocycles. The summed E-state index contributed by atoms with van der Waals surface area (Å²) in [4.78, 5) is 0. The molecule has 0 atom stereocenters. The fraction of sp³-hybridized carbons (Fsp3) is 0.455. The van der Waals surface area contributed by atoms with Crippen molar-refractivity contribution in [1.29, 1.82) is 0 Å². The minimum absolute atomic E-state index is 0.889. The number of H-pyrrole nitrogens is 1. The van der Waals surface area contributed by atoms with Crippen LogP contribution < -0.4 is 5.32 Å². The van der Waals surface area contributed by atoms with E-state index in [1.165, 1.54) is 5.56 Å². The Morgan fingerprint density at radius 3 is 2.50 bits per heavy atom. The van der Waals surface area contributed by atoms with Crippen LogP contribution in [0.4, 0.5) is 0 Å². The maximum absolute atomic E-state index is 5.01. The zero-order valence-electron chi connectivity index (χ0n) is 9.36. The molecule has 0 bridgehead atoms. The van der Waals surface area contributed by atoms with Gasteiger partial charge in [-0.15, -0.1) is 0 Å². The van der Waals surface area contributed by atoms with E-state index in [0.29, 0.717) is 0 Å². The van der Waals surface area contributed by atoms with Crippen LogP contribution in [0.1, 0.15) is 5.56 Å². The third-order valence-electron chi connectivity index (χ3n) is 2.32. The predicted octanol–water partition coefficient (Wildman–Crippen LogP) is 0.873. The molecule has 5 heteroatoms. The number of aromatic amines is 1. The maximum Gasteiger partial charge on any atom is 0.113 e. The minimum Gasteiger partial charge on any atom is -0.379 e. The van der Waals surface area contributed by atoms with Crippen LogP contribution in [-0.4, -0.2) is 41.7 Å². The molecular formula is C11H16N4O. The fourth-order valence-corrected chi connectivity index (χ4v) is 1.47. The Bertz CT molecular complexity index is 425. The molecule has 5 nitrogen and oxygen atoms in total. The lowest BCUT2D eigenvalue weighted by atomic mass is 10.2. The highest BCUT2D eigenvalue weighted by Crippen LogP contribution is 2.08. The quantitative estimate of drug-likeness (QED) is 0.691. The summed E-state index contributed by atoms with van der Waals surface area (Å²) in [5.74, 6) is 0.